The molecule has 0 spiro atoms. The minimum absolute atomic E-state index is 0.0293. The van der Waals surface area contributed by atoms with Crippen LogP contribution in [0.15, 0.2) is 24.5 Å². The molecule has 7 nitrogen and oxygen atoms in total. The number of nitrogens with zero attached hydrogens (tertiary/aromatic N) is 3. The van der Waals surface area contributed by atoms with Gasteiger partial charge in [0.1, 0.15) is 12.7 Å². The number of aromatic nitrogens is 3. The van der Waals surface area contributed by atoms with Gasteiger partial charge in [0.15, 0.2) is 5.69 Å². The monoisotopic (exact) mass is 488 g/mol. The van der Waals surface area contributed by atoms with Gasteiger partial charge in [-0.25, -0.2) is 14.8 Å². The maximum absolute atomic E-state index is 13.9. The lowest BCUT2D eigenvalue weighted by Gasteiger charge is -2.24. The lowest BCUT2D eigenvalue weighted by Crippen LogP contribution is -2.38. The standard InChI is InChI=1S/C23H24F3N6OP/c1-27-18-7-6-15-16(12-29-20(15)21(18)34(33)9-2-3-10-34)19-17(23(24,25)26)13-30-22(32-19)31-14-5-4-8-28-11-14/h6-7,12-14,28-29H,2-5,8-11H2,(H,30,31,32)/t14-/m0/s1. The molecule has 2 fully saturated rings. The molecule has 2 aromatic heterocycles. The summed E-state index contributed by atoms with van der Waals surface area (Å²) in [5.74, 6) is 0.132. The number of aromatic amines is 1. The Labute approximate surface area is 194 Å². The molecule has 0 saturated carbocycles. The Hall–Kier alpha value is -2.89. The molecule has 1 atom stereocenters. The average molecular weight is 488 g/mol. The molecule has 0 unspecified atom stereocenters. The highest BCUT2D eigenvalue weighted by atomic mass is 31.2. The fraction of sp³-hybridized carbons (Fsp3) is 0.435. The van der Waals surface area contributed by atoms with Gasteiger partial charge in [0.2, 0.25) is 5.95 Å². The first kappa shape index (κ1) is 22.9. The van der Waals surface area contributed by atoms with Crippen molar-refractivity contribution in [3.8, 4) is 11.3 Å². The van der Waals surface area contributed by atoms with Crippen LogP contribution in [0.4, 0.5) is 24.8 Å². The van der Waals surface area contributed by atoms with Crippen molar-refractivity contribution in [3.63, 3.8) is 0 Å². The highest BCUT2D eigenvalue weighted by Crippen LogP contribution is 2.54. The van der Waals surface area contributed by atoms with Gasteiger partial charge in [-0.05, 0) is 32.2 Å². The van der Waals surface area contributed by atoms with Gasteiger partial charge in [-0.3, -0.25) is 0 Å². The number of hydrogen-bond acceptors (Lipinski definition) is 5. The Morgan fingerprint density at radius 2 is 2.00 bits per heavy atom. The summed E-state index contributed by atoms with van der Waals surface area (Å²) in [6.07, 6.45) is 2.10. The van der Waals surface area contributed by atoms with Crippen LogP contribution >= 0.6 is 7.14 Å². The van der Waals surface area contributed by atoms with E-state index >= 15 is 0 Å². The summed E-state index contributed by atoms with van der Waals surface area (Å²) in [6, 6.07) is 3.20. The third-order valence-corrected chi connectivity index (χ3v) is 9.95. The third-order valence-electron chi connectivity index (χ3n) is 6.60. The topological polar surface area (TPSA) is 87.1 Å². The number of alkyl halides is 3. The van der Waals surface area contributed by atoms with Gasteiger partial charge in [0.05, 0.1) is 12.3 Å². The summed E-state index contributed by atoms with van der Waals surface area (Å²) in [4.78, 5) is 14.8. The molecule has 0 aliphatic carbocycles. The molecule has 178 valence electrons. The lowest BCUT2D eigenvalue weighted by atomic mass is 10.1. The molecule has 5 rings (SSSR count). The maximum atomic E-state index is 13.9. The number of fused-ring (bicyclic) bond motifs is 1. The van der Waals surface area contributed by atoms with E-state index in [0.717, 1.165) is 38.4 Å². The van der Waals surface area contributed by atoms with E-state index in [0.29, 0.717) is 35.1 Å². The van der Waals surface area contributed by atoms with Crippen molar-refractivity contribution in [2.45, 2.75) is 37.9 Å². The lowest BCUT2D eigenvalue weighted by molar-refractivity contribution is -0.137. The average Bonchev–Trinajstić information content (AvgIpc) is 3.45. The van der Waals surface area contributed by atoms with Crippen LogP contribution in [0.25, 0.3) is 27.0 Å². The zero-order chi connectivity index (χ0) is 23.9. The Kier molecular flexibility index (Phi) is 5.86. The highest BCUT2D eigenvalue weighted by molar-refractivity contribution is 7.72. The number of hydrogen-bond donors (Lipinski definition) is 3. The highest BCUT2D eigenvalue weighted by Gasteiger charge is 2.37. The van der Waals surface area contributed by atoms with Crippen molar-refractivity contribution >= 4 is 35.0 Å². The number of H-pyrrole nitrogens is 1. The quantitative estimate of drug-likeness (QED) is 0.350. The van der Waals surface area contributed by atoms with Crippen LogP contribution in [-0.2, 0) is 10.7 Å². The van der Waals surface area contributed by atoms with Gasteiger partial charge in [-0.1, -0.05) is 12.1 Å². The predicted octanol–water partition coefficient (Wildman–Crippen LogP) is 5.14. The Morgan fingerprint density at radius 3 is 2.68 bits per heavy atom. The smallest absolute Gasteiger partial charge is 0.361 e. The van der Waals surface area contributed by atoms with Crippen LogP contribution in [-0.4, -0.2) is 46.4 Å². The first-order chi connectivity index (χ1) is 16.3. The molecule has 34 heavy (non-hydrogen) atoms. The Morgan fingerprint density at radius 1 is 1.21 bits per heavy atom. The zero-order valence-corrected chi connectivity index (χ0v) is 19.3. The van der Waals surface area contributed by atoms with E-state index < -0.39 is 18.9 Å². The second-order valence-corrected chi connectivity index (χ2v) is 12.0. The van der Waals surface area contributed by atoms with Gasteiger partial charge in [-0.2, -0.15) is 13.2 Å². The molecule has 4 heterocycles. The van der Waals surface area contributed by atoms with Crippen LogP contribution in [0.3, 0.4) is 0 Å². The fourth-order valence-electron chi connectivity index (χ4n) is 4.96. The Bertz CT molecular complexity index is 1310. The molecule has 3 N–H and O–H groups in total. The molecule has 0 amide bonds. The molecule has 2 aliphatic heterocycles. The van der Waals surface area contributed by atoms with Crippen LogP contribution < -0.4 is 15.9 Å². The van der Waals surface area contributed by atoms with Crippen LogP contribution in [0.1, 0.15) is 31.2 Å². The predicted molar refractivity (Wildman–Crippen MR) is 126 cm³/mol. The minimum atomic E-state index is -4.65. The van der Waals surface area contributed by atoms with E-state index in [1.807, 2.05) is 0 Å². The number of benzene rings is 1. The maximum Gasteiger partial charge on any atom is 0.419 e. The molecule has 0 radical (unpaired) electrons. The van der Waals surface area contributed by atoms with Gasteiger partial charge in [0, 0.05) is 59.1 Å². The van der Waals surface area contributed by atoms with E-state index in [2.05, 4.69) is 30.4 Å². The van der Waals surface area contributed by atoms with E-state index in [4.69, 9.17) is 6.57 Å². The SMILES string of the molecule is [C-]#[N+]c1ccc2c(-c3nc(N[C@H]4CCCNC4)ncc3C(F)(F)F)c[nH]c2c1P1(=O)CCCC1. The first-order valence-electron chi connectivity index (χ1n) is 11.3. The van der Waals surface area contributed by atoms with Crippen LogP contribution in [0, 0.1) is 6.57 Å². The summed E-state index contributed by atoms with van der Waals surface area (Å²) >= 11 is 0. The van der Waals surface area contributed by atoms with E-state index in [1.165, 1.54) is 6.20 Å². The minimum Gasteiger partial charge on any atom is -0.361 e. The summed E-state index contributed by atoms with van der Waals surface area (Å²) in [5, 5.41) is 7.32. The molecular formula is C23H24F3N6OP. The van der Waals surface area contributed by atoms with Crippen LogP contribution in [0.2, 0.25) is 0 Å². The summed E-state index contributed by atoms with van der Waals surface area (Å²) < 4.78 is 55.5. The van der Waals surface area contributed by atoms with Gasteiger partial charge < -0.3 is 20.2 Å². The van der Waals surface area contributed by atoms with Crippen LogP contribution in [0.5, 0.6) is 0 Å². The second kappa shape index (κ2) is 8.71. The van der Waals surface area contributed by atoms with Gasteiger partial charge in [0.25, 0.3) is 0 Å². The molecule has 3 aromatic rings. The fourth-order valence-corrected chi connectivity index (χ4v) is 8.24. The molecule has 0 bridgehead atoms. The van der Waals surface area contributed by atoms with E-state index in [1.54, 1.807) is 12.1 Å². The molecular weight excluding hydrogens is 464 g/mol. The Balaban J connectivity index is 1.66. The number of rotatable bonds is 4. The number of anilines is 1. The van der Waals surface area contributed by atoms with E-state index in [9.17, 15) is 17.7 Å². The van der Waals surface area contributed by atoms with E-state index in [-0.39, 0.29) is 28.9 Å². The van der Waals surface area contributed by atoms with Crippen molar-refractivity contribution in [2.24, 2.45) is 0 Å². The normalized spacial score (nSPS) is 20.4. The molecule has 2 aliphatic rings. The zero-order valence-electron chi connectivity index (χ0n) is 18.4. The van der Waals surface area contributed by atoms with Crippen molar-refractivity contribution in [1.29, 1.82) is 0 Å². The van der Waals surface area contributed by atoms with Crippen molar-refractivity contribution < 1.29 is 17.7 Å². The largest absolute Gasteiger partial charge is 0.419 e. The van der Waals surface area contributed by atoms with Gasteiger partial charge in [-0.15, -0.1) is 0 Å². The number of halogens is 3. The third kappa shape index (κ3) is 4.08. The molecule has 2 saturated heterocycles. The number of nitrogens with one attached hydrogen (secondary N) is 3. The van der Waals surface area contributed by atoms with Gasteiger partial charge >= 0.3 is 6.18 Å². The summed E-state index contributed by atoms with van der Waals surface area (Å²) in [7, 11) is -2.80. The van der Waals surface area contributed by atoms with Crippen molar-refractivity contribution in [3.05, 3.63) is 41.5 Å². The summed E-state index contributed by atoms with van der Waals surface area (Å²) in [5.41, 5.74) is -0.183. The molecule has 11 heteroatoms. The second-order valence-electron chi connectivity index (χ2n) is 8.85. The van der Waals surface area contributed by atoms with Crippen molar-refractivity contribution in [1.82, 2.24) is 20.3 Å². The van der Waals surface area contributed by atoms with Crippen molar-refractivity contribution in [2.75, 3.05) is 30.7 Å². The molecule has 1 aromatic carbocycles. The number of piperidine rings is 1. The summed E-state index contributed by atoms with van der Waals surface area (Å²) in [6.45, 7) is 9.15. The first-order valence-corrected chi connectivity index (χ1v) is 13.4.